The van der Waals surface area contributed by atoms with E-state index in [0.717, 1.165) is 19.5 Å². The molecule has 1 atom stereocenters. The average Bonchev–Trinajstić information content (AvgIpc) is 2.48. The molecule has 13 heavy (non-hydrogen) atoms. The summed E-state index contributed by atoms with van der Waals surface area (Å²) >= 11 is 5.28. The van der Waals surface area contributed by atoms with Crippen molar-refractivity contribution in [3.8, 4) is 0 Å². The molecule has 2 nitrogen and oxygen atoms in total. The van der Waals surface area contributed by atoms with E-state index in [4.69, 9.17) is 12.2 Å². The highest BCUT2D eigenvalue weighted by molar-refractivity contribution is 7.80. The lowest BCUT2D eigenvalue weighted by Gasteiger charge is -2.20. The molecule has 0 bridgehead atoms. The zero-order valence-electron chi connectivity index (χ0n) is 8.68. The molecule has 0 aromatic rings. The summed E-state index contributed by atoms with van der Waals surface area (Å²) in [5.41, 5.74) is 0. The second-order valence-corrected chi connectivity index (χ2v) is 4.36. The molecule has 0 saturated carbocycles. The number of hydrogen-bond acceptors (Lipinski definition) is 3. The number of thiocarbonyl (C=S) groups is 1. The molecule has 1 unspecified atom stereocenters. The van der Waals surface area contributed by atoms with Gasteiger partial charge in [-0.15, -0.1) is 0 Å². The standard InChI is InChI=1S/C10H20N2S/c1-3-4-7-12(2)8-9-10(13)5-6-11-9/h9,11H,3-8H2,1-2H3. The molecule has 3 heteroatoms. The van der Waals surface area contributed by atoms with Gasteiger partial charge in [0.05, 0.1) is 6.04 Å². The molecule has 1 heterocycles. The van der Waals surface area contributed by atoms with Crippen LogP contribution in [0.5, 0.6) is 0 Å². The molecule has 1 saturated heterocycles. The van der Waals surface area contributed by atoms with Crippen molar-refractivity contribution in [3.63, 3.8) is 0 Å². The summed E-state index contributed by atoms with van der Waals surface area (Å²) in [6, 6.07) is 0.469. The van der Waals surface area contributed by atoms with Gasteiger partial charge in [0.15, 0.2) is 0 Å². The number of unbranched alkanes of at least 4 members (excludes halogenated alkanes) is 1. The fourth-order valence-electron chi connectivity index (χ4n) is 1.66. The van der Waals surface area contributed by atoms with Crippen LogP contribution < -0.4 is 5.32 Å². The normalized spacial score (nSPS) is 23.0. The summed E-state index contributed by atoms with van der Waals surface area (Å²) < 4.78 is 0. The van der Waals surface area contributed by atoms with E-state index >= 15 is 0 Å². The molecule has 1 N–H and O–H groups in total. The van der Waals surface area contributed by atoms with Gasteiger partial charge in [0.2, 0.25) is 0 Å². The molecular weight excluding hydrogens is 180 g/mol. The number of nitrogens with one attached hydrogen (secondary N) is 1. The highest BCUT2D eigenvalue weighted by atomic mass is 32.1. The number of likely N-dealkylation sites (N-methyl/N-ethyl adjacent to an activating group) is 1. The van der Waals surface area contributed by atoms with E-state index < -0.39 is 0 Å². The van der Waals surface area contributed by atoms with Gasteiger partial charge in [-0.1, -0.05) is 25.6 Å². The summed E-state index contributed by atoms with van der Waals surface area (Å²) in [6.45, 7) is 5.58. The highest BCUT2D eigenvalue weighted by Gasteiger charge is 2.20. The minimum Gasteiger partial charge on any atom is -0.308 e. The van der Waals surface area contributed by atoms with E-state index in [1.165, 1.54) is 24.3 Å². The van der Waals surface area contributed by atoms with Crippen LogP contribution in [0.1, 0.15) is 26.2 Å². The topological polar surface area (TPSA) is 15.3 Å². The van der Waals surface area contributed by atoms with Crippen LogP contribution in [0.4, 0.5) is 0 Å². The van der Waals surface area contributed by atoms with E-state index in [0.29, 0.717) is 6.04 Å². The van der Waals surface area contributed by atoms with Crippen LogP contribution in [0.15, 0.2) is 0 Å². The van der Waals surface area contributed by atoms with Gasteiger partial charge in [-0.25, -0.2) is 0 Å². The molecule has 1 rings (SSSR count). The van der Waals surface area contributed by atoms with Gasteiger partial charge < -0.3 is 10.2 Å². The lowest BCUT2D eigenvalue weighted by Crippen LogP contribution is -2.38. The molecular formula is C10H20N2S. The SMILES string of the molecule is CCCCN(C)CC1NCCC1=S. The van der Waals surface area contributed by atoms with Crippen molar-refractivity contribution in [1.29, 1.82) is 0 Å². The molecule has 0 aliphatic carbocycles. The minimum atomic E-state index is 0.469. The second-order valence-electron chi connectivity index (χ2n) is 3.84. The van der Waals surface area contributed by atoms with Crippen molar-refractivity contribution in [2.75, 3.05) is 26.7 Å². The predicted molar refractivity (Wildman–Crippen MR) is 61.4 cm³/mol. The first-order chi connectivity index (χ1) is 6.24. The van der Waals surface area contributed by atoms with Gasteiger partial charge in [-0.3, -0.25) is 0 Å². The van der Waals surface area contributed by atoms with Crippen LogP contribution in [-0.4, -0.2) is 42.5 Å². The predicted octanol–water partition coefficient (Wildman–Crippen LogP) is 1.45. The lowest BCUT2D eigenvalue weighted by molar-refractivity contribution is 0.316. The van der Waals surface area contributed by atoms with E-state index in [9.17, 15) is 0 Å². The fourth-order valence-corrected chi connectivity index (χ4v) is 1.91. The first-order valence-corrected chi connectivity index (χ1v) is 5.59. The molecule has 1 aliphatic heterocycles. The van der Waals surface area contributed by atoms with Crippen LogP contribution in [0.2, 0.25) is 0 Å². The molecule has 0 spiro atoms. The van der Waals surface area contributed by atoms with Crippen LogP contribution >= 0.6 is 12.2 Å². The summed E-state index contributed by atoms with van der Waals surface area (Å²) in [6.07, 6.45) is 3.64. The monoisotopic (exact) mass is 200 g/mol. The van der Waals surface area contributed by atoms with Gasteiger partial charge in [-0.2, -0.15) is 0 Å². The quantitative estimate of drug-likeness (QED) is 0.676. The first kappa shape index (κ1) is 11.1. The minimum absolute atomic E-state index is 0.469. The Labute approximate surface area is 86.7 Å². The molecule has 0 aromatic heterocycles. The summed E-state index contributed by atoms with van der Waals surface area (Å²) in [7, 11) is 2.18. The van der Waals surface area contributed by atoms with Crippen LogP contribution in [0.3, 0.4) is 0 Å². The Kier molecular flexibility index (Phi) is 4.84. The van der Waals surface area contributed by atoms with Gasteiger partial charge in [0.1, 0.15) is 0 Å². The van der Waals surface area contributed by atoms with Gasteiger partial charge >= 0.3 is 0 Å². The van der Waals surface area contributed by atoms with E-state index in [1.54, 1.807) is 0 Å². The van der Waals surface area contributed by atoms with Crippen molar-refractivity contribution in [2.24, 2.45) is 0 Å². The second kappa shape index (κ2) is 5.68. The van der Waals surface area contributed by atoms with Crippen molar-refractivity contribution in [2.45, 2.75) is 32.2 Å². The van der Waals surface area contributed by atoms with Crippen LogP contribution in [0, 0.1) is 0 Å². The number of hydrogen-bond donors (Lipinski definition) is 1. The van der Waals surface area contributed by atoms with E-state index in [2.05, 4.69) is 24.2 Å². The first-order valence-electron chi connectivity index (χ1n) is 5.18. The number of rotatable bonds is 5. The van der Waals surface area contributed by atoms with Crippen LogP contribution in [0.25, 0.3) is 0 Å². The third-order valence-electron chi connectivity index (χ3n) is 2.54. The summed E-state index contributed by atoms with van der Waals surface area (Å²) in [4.78, 5) is 3.59. The Balaban J connectivity index is 2.19. The van der Waals surface area contributed by atoms with E-state index in [1.807, 2.05) is 0 Å². The third-order valence-corrected chi connectivity index (χ3v) is 3.03. The Morgan fingerprint density at radius 3 is 2.92 bits per heavy atom. The Morgan fingerprint density at radius 2 is 2.38 bits per heavy atom. The molecule has 1 aliphatic rings. The molecule has 0 aromatic carbocycles. The zero-order valence-corrected chi connectivity index (χ0v) is 9.49. The summed E-state index contributed by atoms with van der Waals surface area (Å²) in [5, 5.41) is 3.43. The van der Waals surface area contributed by atoms with Gasteiger partial charge in [0, 0.05) is 18.0 Å². The van der Waals surface area contributed by atoms with Crippen LogP contribution in [-0.2, 0) is 0 Å². The van der Waals surface area contributed by atoms with Crippen molar-refractivity contribution in [3.05, 3.63) is 0 Å². The Hall–Kier alpha value is 0.01000. The smallest absolute Gasteiger partial charge is 0.0513 e. The third kappa shape index (κ3) is 3.71. The highest BCUT2D eigenvalue weighted by Crippen LogP contribution is 2.05. The molecule has 0 amide bonds. The van der Waals surface area contributed by atoms with Crippen molar-refractivity contribution >= 4 is 17.1 Å². The van der Waals surface area contributed by atoms with Crippen molar-refractivity contribution in [1.82, 2.24) is 10.2 Å². The Morgan fingerprint density at radius 1 is 1.62 bits per heavy atom. The van der Waals surface area contributed by atoms with Gasteiger partial charge in [0.25, 0.3) is 0 Å². The average molecular weight is 200 g/mol. The summed E-state index contributed by atoms with van der Waals surface area (Å²) in [5.74, 6) is 0. The fraction of sp³-hybridized carbons (Fsp3) is 0.900. The molecule has 0 radical (unpaired) electrons. The Bertz CT molecular complexity index is 170. The zero-order chi connectivity index (χ0) is 9.68. The van der Waals surface area contributed by atoms with Gasteiger partial charge in [-0.05, 0) is 26.4 Å². The van der Waals surface area contributed by atoms with Crippen molar-refractivity contribution < 1.29 is 0 Å². The largest absolute Gasteiger partial charge is 0.308 e. The maximum absolute atomic E-state index is 5.28. The lowest BCUT2D eigenvalue weighted by atomic mass is 10.2. The van der Waals surface area contributed by atoms with E-state index in [-0.39, 0.29) is 0 Å². The maximum atomic E-state index is 5.28. The maximum Gasteiger partial charge on any atom is 0.0513 e. The number of nitrogens with zero attached hydrogens (tertiary/aromatic N) is 1. The molecule has 1 fully saturated rings. The molecule has 76 valence electrons.